The van der Waals surface area contributed by atoms with E-state index >= 15 is 0 Å². The summed E-state index contributed by atoms with van der Waals surface area (Å²) in [6.07, 6.45) is 6.41. The van der Waals surface area contributed by atoms with Gasteiger partial charge in [-0.15, -0.1) is 0 Å². The summed E-state index contributed by atoms with van der Waals surface area (Å²) in [6, 6.07) is 6.28. The van der Waals surface area contributed by atoms with E-state index in [2.05, 4.69) is 18.4 Å². The van der Waals surface area contributed by atoms with Crippen LogP contribution in [0.25, 0.3) is 0 Å². The summed E-state index contributed by atoms with van der Waals surface area (Å²) in [5, 5.41) is 0. The SMILES string of the molecule is CCC1CCCCC1C(NN)c1cccc2c1OCCO2. The molecule has 3 rings (SSSR count). The molecule has 0 bridgehead atoms. The van der Waals surface area contributed by atoms with Gasteiger partial charge >= 0.3 is 0 Å². The summed E-state index contributed by atoms with van der Waals surface area (Å²) in [5.41, 5.74) is 4.22. The Kier molecular flexibility index (Phi) is 4.66. The fourth-order valence-electron chi connectivity index (χ4n) is 3.97. The number of benzene rings is 1. The number of ether oxygens (including phenoxy) is 2. The van der Waals surface area contributed by atoms with Gasteiger partial charge in [-0.1, -0.05) is 44.7 Å². The maximum atomic E-state index is 5.94. The molecular weight excluding hydrogens is 264 g/mol. The monoisotopic (exact) mass is 290 g/mol. The number of fused-ring (bicyclic) bond motifs is 1. The normalized spacial score (nSPS) is 26.4. The Bertz CT molecular complexity index is 478. The molecule has 1 aliphatic heterocycles. The first-order chi connectivity index (χ1) is 10.3. The third kappa shape index (κ3) is 2.87. The van der Waals surface area contributed by atoms with Crippen molar-refractivity contribution in [2.75, 3.05) is 13.2 Å². The number of para-hydroxylation sites is 1. The summed E-state index contributed by atoms with van der Waals surface area (Å²) in [6.45, 7) is 3.53. The minimum atomic E-state index is 0.145. The second-order valence-electron chi connectivity index (χ2n) is 6.13. The predicted molar refractivity (Wildman–Crippen MR) is 83.2 cm³/mol. The van der Waals surface area contributed by atoms with E-state index in [-0.39, 0.29) is 6.04 Å². The summed E-state index contributed by atoms with van der Waals surface area (Å²) >= 11 is 0. The van der Waals surface area contributed by atoms with Crippen molar-refractivity contribution in [2.45, 2.75) is 45.1 Å². The Morgan fingerprint density at radius 1 is 1.24 bits per heavy atom. The van der Waals surface area contributed by atoms with Gasteiger partial charge in [-0.25, -0.2) is 0 Å². The minimum absolute atomic E-state index is 0.145. The molecule has 2 aliphatic rings. The highest BCUT2D eigenvalue weighted by atomic mass is 16.6. The van der Waals surface area contributed by atoms with Crippen LogP contribution in [0.4, 0.5) is 0 Å². The molecule has 0 radical (unpaired) electrons. The molecule has 0 amide bonds. The Balaban J connectivity index is 1.92. The van der Waals surface area contributed by atoms with Gasteiger partial charge in [0.05, 0.1) is 6.04 Å². The largest absolute Gasteiger partial charge is 0.486 e. The van der Waals surface area contributed by atoms with E-state index in [0.717, 1.165) is 23.0 Å². The lowest BCUT2D eigenvalue weighted by atomic mass is 9.72. The van der Waals surface area contributed by atoms with E-state index in [0.29, 0.717) is 19.1 Å². The molecule has 116 valence electrons. The van der Waals surface area contributed by atoms with E-state index in [1.54, 1.807) is 0 Å². The molecule has 3 N–H and O–H groups in total. The molecule has 21 heavy (non-hydrogen) atoms. The molecule has 0 aromatic heterocycles. The molecule has 3 unspecified atom stereocenters. The number of hydrogen-bond donors (Lipinski definition) is 2. The number of rotatable bonds is 4. The molecule has 1 aromatic carbocycles. The Morgan fingerprint density at radius 3 is 2.86 bits per heavy atom. The zero-order valence-corrected chi connectivity index (χ0v) is 12.8. The maximum Gasteiger partial charge on any atom is 0.166 e. The fourth-order valence-corrected chi connectivity index (χ4v) is 3.97. The molecule has 1 heterocycles. The van der Waals surface area contributed by atoms with Gasteiger partial charge in [0, 0.05) is 5.56 Å². The molecule has 1 aromatic rings. The quantitative estimate of drug-likeness (QED) is 0.660. The van der Waals surface area contributed by atoms with Gasteiger partial charge in [-0.2, -0.15) is 0 Å². The summed E-state index contributed by atoms with van der Waals surface area (Å²) < 4.78 is 11.6. The van der Waals surface area contributed by atoms with Crippen LogP contribution in [0.1, 0.15) is 50.6 Å². The van der Waals surface area contributed by atoms with Crippen molar-refractivity contribution in [3.05, 3.63) is 23.8 Å². The van der Waals surface area contributed by atoms with E-state index in [4.69, 9.17) is 15.3 Å². The molecule has 0 spiro atoms. The molecule has 1 fully saturated rings. The highest BCUT2D eigenvalue weighted by Crippen LogP contribution is 2.45. The van der Waals surface area contributed by atoms with Crippen molar-refractivity contribution in [3.63, 3.8) is 0 Å². The lowest BCUT2D eigenvalue weighted by Crippen LogP contribution is -2.38. The van der Waals surface area contributed by atoms with Crippen molar-refractivity contribution in [1.82, 2.24) is 5.43 Å². The van der Waals surface area contributed by atoms with E-state index < -0.39 is 0 Å². The van der Waals surface area contributed by atoms with Crippen LogP contribution in [0.5, 0.6) is 11.5 Å². The average molecular weight is 290 g/mol. The first kappa shape index (κ1) is 14.7. The number of hydrogen-bond acceptors (Lipinski definition) is 4. The molecule has 1 aliphatic carbocycles. The van der Waals surface area contributed by atoms with Crippen LogP contribution in [-0.4, -0.2) is 13.2 Å². The van der Waals surface area contributed by atoms with Crippen LogP contribution >= 0.6 is 0 Å². The highest BCUT2D eigenvalue weighted by Gasteiger charge is 2.33. The van der Waals surface area contributed by atoms with Crippen molar-refractivity contribution in [3.8, 4) is 11.5 Å². The van der Waals surface area contributed by atoms with Crippen LogP contribution < -0.4 is 20.7 Å². The second kappa shape index (κ2) is 6.67. The Hall–Kier alpha value is -1.26. The minimum Gasteiger partial charge on any atom is -0.486 e. The Morgan fingerprint density at radius 2 is 2.05 bits per heavy atom. The standard InChI is InChI=1S/C17H26N2O2/c1-2-12-6-3-4-7-13(12)16(19-18)14-8-5-9-15-17(14)21-11-10-20-15/h5,8-9,12-13,16,19H,2-4,6-7,10-11,18H2,1H3. The van der Waals surface area contributed by atoms with E-state index in [9.17, 15) is 0 Å². The van der Waals surface area contributed by atoms with Crippen molar-refractivity contribution < 1.29 is 9.47 Å². The van der Waals surface area contributed by atoms with Gasteiger partial charge in [0.15, 0.2) is 11.5 Å². The van der Waals surface area contributed by atoms with Crippen LogP contribution in [0.2, 0.25) is 0 Å². The van der Waals surface area contributed by atoms with Crippen molar-refractivity contribution in [1.29, 1.82) is 0 Å². The third-order valence-corrected chi connectivity index (χ3v) is 5.03. The highest BCUT2D eigenvalue weighted by molar-refractivity contribution is 5.49. The maximum absolute atomic E-state index is 5.94. The van der Waals surface area contributed by atoms with Crippen molar-refractivity contribution in [2.24, 2.45) is 17.7 Å². The summed E-state index contributed by atoms with van der Waals surface area (Å²) in [4.78, 5) is 0. The first-order valence-electron chi connectivity index (χ1n) is 8.19. The predicted octanol–water partition coefficient (Wildman–Crippen LogP) is 3.18. The fraction of sp³-hybridized carbons (Fsp3) is 0.647. The van der Waals surface area contributed by atoms with Gasteiger partial charge in [0.1, 0.15) is 13.2 Å². The molecule has 1 saturated carbocycles. The summed E-state index contributed by atoms with van der Waals surface area (Å²) in [7, 11) is 0. The first-order valence-corrected chi connectivity index (χ1v) is 8.19. The van der Waals surface area contributed by atoms with Gasteiger partial charge in [-0.3, -0.25) is 11.3 Å². The van der Waals surface area contributed by atoms with Gasteiger partial charge in [0.25, 0.3) is 0 Å². The Labute approximate surface area is 127 Å². The number of hydrazine groups is 1. The van der Waals surface area contributed by atoms with Gasteiger partial charge < -0.3 is 9.47 Å². The number of nitrogens with two attached hydrogens (primary N) is 1. The smallest absolute Gasteiger partial charge is 0.166 e. The lowest BCUT2D eigenvalue weighted by Gasteiger charge is -2.37. The zero-order valence-electron chi connectivity index (χ0n) is 12.8. The van der Waals surface area contributed by atoms with Crippen LogP contribution in [0.3, 0.4) is 0 Å². The molecule has 4 heteroatoms. The van der Waals surface area contributed by atoms with Gasteiger partial charge in [-0.05, 0) is 24.3 Å². The molecule has 0 saturated heterocycles. The second-order valence-corrected chi connectivity index (χ2v) is 6.13. The molecule has 4 nitrogen and oxygen atoms in total. The van der Waals surface area contributed by atoms with Crippen LogP contribution in [-0.2, 0) is 0 Å². The van der Waals surface area contributed by atoms with E-state index in [1.165, 1.54) is 32.1 Å². The van der Waals surface area contributed by atoms with Crippen LogP contribution in [0.15, 0.2) is 18.2 Å². The third-order valence-electron chi connectivity index (χ3n) is 5.03. The zero-order chi connectivity index (χ0) is 14.7. The van der Waals surface area contributed by atoms with Crippen LogP contribution in [0, 0.1) is 11.8 Å². The topological polar surface area (TPSA) is 56.5 Å². The van der Waals surface area contributed by atoms with E-state index in [1.807, 2.05) is 12.1 Å². The van der Waals surface area contributed by atoms with Gasteiger partial charge in [0.2, 0.25) is 0 Å². The lowest BCUT2D eigenvalue weighted by molar-refractivity contribution is 0.153. The molecular formula is C17H26N2O2. The average Bonchev–Trinajstić information content (AvgIpc) is 2.56. The molecule has 3 atom stereocenters. The number of nitrogens with one attached hydrogen (secondary N) is 1. The summed E-state index contributed by atoms with van der Waals surface area (Å²) in [5.74, 6) is 8.98. The van der Waals surface area contributed by atoms with Crippen molar-refractivity contribution >= 4 is 0 Å².